The molecule has 0 saturated carbocycles. The quantitative estimate of drug-likeness (QED) is 0.883. The van der Waals surface area contributed by atoms with Gasteiger partial charge in [0.05, 0.1) is 12.1 Å². The maximum atomic E-state index is 6.05. The maximum Gasteiger partial charge on any atom is 0.137 e. The predicted molar refractivity (Wildman–Crippen MR) is 71.8 cm³/mol. The third-order valence-corrected chi connectivity index (χ3v) is 2.79. The van der Waals surface area contributed by atoms with E-state index in [0.29, 0.717) is 10.8 Å². The summed E-state index contributed by atoms with van der Waals surface area (Å²) >= 11 is 6.05. The van der Waals surface area contributed by atoms with Crippen LogP contribution >= 0.6 is 11.6 Å². The Morgan fingerprint density at radius 1 is 1.12 bits per heavy atom. The average molecular weight is 248 g/mol. The van der Waals surface area contributed by atoms with Crippen molar-refractivity contribution in [3.8, 4) is 5.75 Å². The van der Waals surface area contributed by atoms with Crippen LogP contribution in [0, 0.1) is 0 Å². The highest BCUT2D eigenvalue weighted by Gasteiger charge is 2.01. The number of ether oxygens (including phenoxy) is 1. The van der Waals surface area contributed by atoms with E-state index in [9.17, 15) is 0 Å². The van der Waals surface area contributed by atoms with Crippen LogP contribution in [0.2, 0.25) is 5.02 Å². The molecular weight excluding hydrogens is 234 g/mol. The largest absolute Gasteiger partial charge is 0.495 e. The van der Waals surface area contributed by atoms with Crippen molar-refractivity contribution in [2.45, 2.75) is 6.54 Å². The molecule has 0 heterocycles. The summed E-state index contributed by atoms with van der Waals surface area (Å²) in [7, 11) is 1.61. The molecular formula is C14H14ClNO. The van der Waals surface area contributed by atoms with Crippen molar-refractivity contribution in [3.63, 3.8) is 0 Å². The summed E-state index contributed by atoms with van der Waals surface area (Å²) in [6.45, 7) is 0.781. The Kier molecular flexibility index (Phi) is 3.89. The first-order valence-corrected chi connectivity index (χ1v) is 5.79. The van der Waals surface area contributed by atoms with E-state index < -0.39 is 0 Å². The molecule has 0 aliphatic heterocycles. The Labute approximate surface area is 106 Å². The molecule has 3 heteroatoms. The highest BCUT2D eigenvalue weighted by Crippen LogP contribution is 2.27. The Balaban J connectivity index is 2.02. The maximum absolute atomic E-state index is 6.05. The summed E-state index contributed by atoms with van der Waals surface area (Å²) in [5, 5.41) is 3.93. The minimum atomic E-state index is 0.616. The minimum Gasteiger partial charge on any atom is -0.495 e. The van der Waals surface area contributed by atoms with Gasteiger partial charge in [-0.2, -0.15) is 0 Å². The van der Waals surface area contributed by atoms with Gasteiger partial charge in [0.2, 0.25) is 0 Å². The molecule has 0 amide bonds. The highest BCUT2D eigenvalue weighted by molar-refractivity contribution is 6.32. The van der Waals surface area contributed by atoms with Gasteiger partial charge in [0.15, 0.2) is 0 Å². The van der Waals surface area contributed by atoms with Crippen LogP contribution in [0.25, 0.3) is 0 Å². The lowest BCUT2D eigenvalue weighted by molar-refractivity contribution is 0.415. The zero-order chi connectivity index (χ0) is 12.1. The summed E-state index contributed by atoms with van der Waals surface area (Å²) in [5.41, 5.74) is 2.22. The first-order valence-electron chi connectivity index (χ1n) is 5.41. The van der Waals surface area contributed by atoms with E-state index >= 15 is 0 Å². The normalized spacial score (nSPS) is 10.0. The molecule has 2 aromatic carbocycles. The molecule has 0 aliphatic carbocycles. The van der Waals surface area contributed by atoms with E-state index in [1.807, 2.05) is 36.4 Å². The van der Waals surface area contributed by atoms with Gasteiger partial charge in [-0.05, 0) is 23.8 Å². The van der Waals surface area contributed by atoms with Crippen molar-refractivity contribution in [2.24, 2.45) is 0 Å². The van der Waals surface area contributed by atoms with E-state index in [1.165, 1.54) is 5.56 Å². The summed E-state index contributed by atoms with van der Waals surface area (Å²) in [4.78, 5) is 0. The van der Waals surface area contributed by atoms with Crippen LogP contribution in [0.1, 0.15) is 5.56 Å². The zero-order valence-corrected chi connectivity index (χ0v) is 10.4. The van der Waals surface area contributed by atoms with Crippen LogP contribution < -0.4 is 10.1 Å². The second-order valence-corrected chi connectivity index (χ2v) is 4.10. The second kappa shape index (κ2) is 5.60. The van der Waals surface area contributed by atoms with E-state index in [2.05, 4.69) is 17.4 Å². The topological polar surface area (TPSA) is 21.3 Å². The van der Waals surface area contributed by atoms with Crippen molar-refractivity contribution in [1.29, 1.82) is 0 Å². The van der Waals surface area contributed by atoms with Crippen LogP contribution in [-0.2, 0) is 6.54 Å². The van der Waals surface area contributed by atoms with Gasteiger partial charge in [-0.15, -0.1) is 0 Å². The van der Waals surface area contributed by atoms with Crippen LogP contribution in [0.3, 0.4) is 0 Å². The lowest BCUT2D eigenvalue weighted by Gasteiger charge is -2.08. The molecule has 0 aromatic heterocycles. The third-order valence-electron chi connectivity index (χ3n) is 2.49. The molecule has 1 N–H and O–H groups in total. The fourth-order valence-electron chi connectivity index (χ4n) is 1.58. The number of hydrogen-bond donors (Lipinski definition) is 1. The number of rotatable bonds is 4. The van der Waals surface area contributed by atoms with Crippen LogP contribution in [0.5, 0.6) is 5.75 Å². The second-order valence-electron chi connectivity index (χ2n) is 3.69. The fourth-order valence-corrected chi connectivity index (χ4v) is 1.83. The highest BCUT2D eigenvalue weighted by atomic mass is 35.5. The summed E-state index contributed by atoms with van der Waals surface area (Å²) < 4.78 is 5.10. The van der Waals surface area contributed by atoms with Gasteiger partial charge in [0.25, 0.3) is 0 Å². The minimum absolute atomic E-state index is 0.616. The van der Waals surface area contributed by atoms with E-state index in [-0.39, 0.29) is 0 Å². The Morgan fingerprint density at radius 2 is 1.88 bits per heavy atom. The molecule has 0 fully saturated rings. The number of benzene rings is 2. The summed E-state index contributed by atoms with van der Waals surface area (Å²) in [6.07, 6.45) is 0. The number of nitrogens with one attached hydrogen (secondary N) is 1. The van der Waals surface area contributed by atoms with Gasteiger partial charge in [0.1, 0.15) is 5.75 Å². The third kappa shape index (κ3) is 3.14. The molecule has 2 aromatic rings. The molecule has 0 bridgehead atoms. The number of methoxy groups -OCH3 is 1. The van der Waals surface area contributed by atoms with Gasteiger partial charge >= 0.3 is 0 Å². The fraction of sp³-hybridized carbons (Fsp3) is 0.143. The van der Waals surface area contributed by atoms with Crippen molar-refractivity contribution in [3.05, 3.63) is 59.1 Å². The molecule has 0 aliphatic rings. The van der Waals surface area contributed by atoms with E-state index in [4.69, 9.17) is 16.3 Å². The van der Waals surface area contributed by atoms with Gasteiger partial charge in [-0.3, -0.25) is 0 Å². The first-order chi connectivity index (χ1) is 8.29. The SMILES string of the molecule is COc1ccc(NCc2ccccc2)cc1Cl. The van der Waals surface area contributed by atoms with Crippen LogP contribution in [0.15, 0.2) is 48.5 Å². The van der Waals surface area contributed by atoms with Crippen LogP contribution in [0.4, 0.5) is 5.69 Å². The van der Waals surface area contributed by atoms with Crippen molar-refractivity contribution >= 4 is 17.3 Å². The summed E-state index contributed by atoms with van der Waals surface area (Å²) in [6, 6.07) is 15.9. The smallest absolute Gasteiger partial charge is 0.137 e. The molecule has 2 rings (SSSR count). The van der Waals surface area contributed by atoms with Gasteiger partial charge in [0, 0.05) is 12.2 Å². The number of halogens is 1. The van der Waals surface area contributed by atoms with Crippen molar-refractivity contribution < 1.29 is 4.74 Å². The Bertz CT molecular complexity index is 485. The number of hydrogen-bond acceptors (Lipinski definition) is 2. The van der Waals surface area contributed by atoms with E-state index in [1.54, 1.807) is 7.11 Å². The molecule has 2 nitrogen and oxygen atoms in total. The van der Waals surface area contributed by atoms with Gasteiger partial charge < -0.3 is 10.1 Å². The first kappa shape index (κ1) is 11.8. The van der Waals surface area contributed by atoms with E-state index in [0.717, 1.165) is 12.2 Å². The monoisotopic (exact) mass is 247 g/mol. The van der Waals surface area contributed by atoms with Crippen molar-refractivity contribution in [1.82, 2.24) is 0 Å². The molecule has 0 atom stereocenters. The lowest BCUT2D eigenvalue weighted by Crippen LogP contribution is -1.99. The molecule has 0 spiro atoms. The Hall–Kier alpha value is -1.67. The average Bonchev–Trinajstić information content (AvgIpc) is 2.38. The van der Waals surface area contributed by atoms with Crippen molar-refractivity contribution in [2.75, 3.05) is 12.4 Å². The summed E-state index contributed by atoms with van der Waals surface area (Å²) in [5.74, 6) is 0.692. The molecule has 0 saturated heterocycles. The van der Waals surface area contributed by atoms with Gasteiger partial charge in [-0.25, -0.2) is 0 Å². The van der Waals surface area contributed by atoms with Gasteiger partial charge in [-0.1, -0.05) is 41.9 Å². The molecule has 0 unspecified atom stereocenters. The lowest BCUT2D eigenvalue weighted by atomic mass is 10.2. The zero-order valence-electron chi connectivity index (χ0n) is 9.61. The molecule has 88 valence electrons. The molecule has 17 heavy (non-hydrogen) atoms. The predicted octanol–water partition coefficient (Wildman–Crippen LogP) is 3.96. The van der Waals surface area contributed by atoms with Crippen LogP contribution in [-0.4, -0.2) is 7.11 Å². The Morgan fingerprint density at radius 3 is 2.53 bits per heavy atom. The standard InChI is InChI=1S/C14H14ClNO/c1-17-14-8-7-12(9-13(14)15)16-10-11-5-3-2-4-6-11/h2-9,16H,10H2,1H3. The number of anilines is 1. The molecule has 0 radical (unpaired) electrons.